The monoisotopic (exact) mass is 552 g/mol. The van der Waals surface area contributed by atoms with E-state index in [0.717, 1.165) is 60.9 Å². The van der Waals surface area contributed by atoms with Crippen molar-refractivity contribution in [2.24, 2.45) is 0 Å². The van der Waals surface area contributed by atoms with Crippen molar-refractivity contribution in [2.75, 3.05) is 110 Å². The second-order valence-corrected chi connectivity index (χ2v) is 12.2. The fourth-order valence-electron chi connectivity index (χ4n) is 2.12. The van der Waals surface area contributed by atoms with E-state index in [0.29, 0.717) is 26.4 Å². The lowest BCUT2D eigenvalue weighted by molar-refractivity contribution is 0.0605. The molecule has 0 aliphatic rings. The summed E-state index contributed by atoms with van der Waals surface area (Å²) in [4.78, 5) is 0. The van der Waals surface area contributed by atoms with Gasteiger partial charge in [0.25, 0.3) is 0 Å². The SMILES string of the molecule is SCCCSCCOCCOCCSCCCSCCOCCOCCSCCCS. The molecule has 0 aromatic heterocycles. The Balaban J connectivity index is 2.98. The predicted molar refractivity (Wildman–Crippen MR) is 154 cm³/mol. The van der Waals surface area contributed by atoms with E-state index in [2.05, 4.69) is 25.3 Å². The van der Waals surface area contributed by atoms with Gasteiger partial charge in [-0.2, -0.15) is 72.3 Å². The number of hydrogen-bond donors (Lipinski definition) is 2. The Bertz CT molecular complexity index is 292. The molecule has 0 aliphatic carbocycles. The van der Waals surface area contributed by atoms with Crippen LogP contribution < -0.4 is 0 Å². The molecule has 0 radical (unpaired) electrons. The van der Waals surface area contributed by atoms with Crippen LogP contribution in [0.3, 0.4) is 0 Å². The van der Waals surface area contributed by atoms with Crippen LogP contribution in [0.15, 0.2) is 0 Å². The van der Waals surface area contributed by atoms with Crippen molar-refractivity contribution < 1.29 is 18.9 Å². The first-order valence-electron chi connectivity index (χ1n) is 11.3. The number of hydrogen-bond acceptors (Lipinski definition) is 10. The molecule has 10 heteroatoms. The lowest BCUT2D eigenvalue weighted by atomic mass is 10.6. The van der Waals surface area contributed by atoms with E-state index in [9.17, 15) is 0 Å². The van der Waals surface area contributed by atoms with Crippen molar-refractivity contribution in [3.8, 4) is 0 Å². The van der Waals surface area contributed by atoms with Crippen molar-refractivity contribution in [1.82, 2.24) is 0 Å². The molecule has 0 unspecified atom stereocenters. The largest absolute Gasteiger partial charge is 0.378 e. The predicted octanol–water partition coefficient (Wildman–Crippen LogP) is 5.02. The summed E-state index contributed by atoms with van der Waals surface area (Å²) in [6.07, 6.45) is 3.60. The topological polar surface area (TPSA) is 36.9 Å². The van der Waals surface area contributed by atoms with Gasteiger partial charge in [0.1, 0.15) is 0 Å². The molecule has 0 aromatic rings. The van der Waals surface area contributed by atoms with Gasteiger partial charge in [-0.1, -0.05) is 0 Å². The maximum Gasteiger partial charge on any atom is 0.0700 e. The lowest BCUT2D eigenvalue weighted by Crippen LogP contribution is -2.08. The molecule has 4 nitrogen and oxygen atoms in total. The third kappa shape index (κ3) is 31.9. The van der Waals surface area contributed by atoms with E-state index in [1.165, 1.54) is 42.3 Å². The minimum atomic E-state index is 0.706. The molecule has 0 aromatic carbocycles. The van der Waals surface area contributed by atoms with Gasteiger partial charge in [0.05, 0.1) is 52.9 Å². The van der Waals surface area contributed by atoms with E-state index >= 15 is 0 Å². The van der Waals surface area contributed by atoms with Gasteiger partial charge in [-0.05, 0) is 53.8 Å². The van der Waals surface area contributed by atoms with Crippen LogP contribution in [0.5, 0.6) is 0 Å². The Morgan fingerprint density at radius 1 is 0.355 bits per heavy atom. The summed E-state index contributed by atoms with van der Waals surface area (Å²) >= 11 is 16.2. The second-order valence-electron chi connectivity index (χ2n) is 6.41. The molecular formula is C21H44O4S6. The van der Waals surface area contributed by atoms with E-state index in [1.54, 1.807) is 0 Å². The molecule has 0 N–H and O–H groups in total. The average Bonchev–Trinajstić information content (AvgIpc) is 2.78. The molecule has 31 heavy (non-hydrogen) atoms. The van der Waals surface area contributed by atoms with E-state index < -0.39 is 0 Å². The second kappa shape index (κ2) is 31.9. The Labute approximate surface area is 219 Å². The molecule has 188 valence electrons. The highest BCUT2D eigenvalue weighted by Crippen LogP contribution is 2.08. The molecule has 0 atom stereocenters. The van der Waals surface area contributed by atoms with E-state index in [-0.39, 0.29) is 0 Å². The van der Waals surface area contributed by atoms with Crippen molar-refractivity contribution in [3.63, 3.8) is 0 Å². The molecule has 0 amide bonds. The molecule has 0 fully saturated rings. The number of thioether (sulfide) groups is 4. The standard InChI is InChI=1S/C21H44O4S6/c26-12-1-14-28-18-8-22-4-6-24-10-20-30-16-3-17-31-21-11-25-7-5-23-9-19-29-15-2-13-27/h26-27H,1-21H2. The van der Waals surface area contributed by atoms with Crippen molar-refractivity contribution in [3.05, 3.63) is 0 Å². The van der Waals surface area contributed by atoms with Crippen LogP contribution in [-0.2, 0) is 18.9 Å². The molecule has 0 spiro atoms. The average molecular weight is 553 g/mol. The Kier molecular flexibility index (Phi) is 33.9. The maximum absolute atomic E-state index is 5.61. The summed E-state index contributed by atoms with van der Waals surface area (Å²) in [6, 6.07) is 0. The normalized spacial score (nSPS) is 11.4. The van der Waals surface area contributed by atoms with E-state index in [4.69, 9.17) is 18.9 Å². The van der Waals surface area contributed by atoms with Crippen LogP contribution in [0.2, 0.25) is 0 Å². The highest BCUT2D eigenvalue weighted by atomic mass is 32.2. The maximum atomic E-state index is 5.61. The first kappa shape index (κ1) is 32.9. The number of ether oxygens (including phenoxy) is 4. The highest BCUT2D eigenvalue weighted by Gasteiger charge is 1.96. The lowest BCUT2D eigenvalue weighted by Gasteiger charge is -2.07. The molecule has 0 saturated heterocycles. The number of rotatable bonds is 28. The van der Waals surface area contributed by atoms with Gasteiger partial charge in [0.15, 0.2) is 0 Å². The summed E-state index contributed by atoms with van der Waals surface area (Å²) < 4.78 is 22.3. The number of thiol groups is 2. The minimum Gasteiger partial charge on any atom is -0.378 e. The quantitative estimate of drug-likeness (QED) is 0.104. The zero-order valence-corrected chi connectivity index (χ0v) is 24.1. The Morgan fingerprint density at radius 3 is 0.935 bits per heavy atom. The highest BCUT2D eigenvalue weighted by molar-refractivity contribution is 8.00. The summed E-state index contributed by atoms with van der Waals surface area (Å²) in [5, 5.41) is 0. The van der Waals surface area contributed by atoms with Crippen LogP contribution in [-0.4, -0.2) is 110 Å². The first-order chi connectivity index (χ1) is 15.4. The smallest absolute Gasteiger partial charge is 0.0700 e. The van der Waals surface area contributed by atoms with Crippen LogP contribution in [0.1, 0.15) is 19.3 Å². The Hall–Kier alpha value is 1.94. The first-order valence-corrected chi connectivity index (χ1v) is 17.1. The van der Waals surface area contributed by atoms with Crippen molar-refractivity contribution >= 4 is 72.3 Å². The van der Waals surface area contributed by atoms with Gasteiger partial charge >= 0.3 is 0 Å². The molecule has 0 aliphatic heterocycles. The zero-order chi connectivity index (χ0) is 22.5. The van der Waals surface area contributed by atoms with Crippen molar-refractivity contribution in [1.29, 1.82) is 0 Å². The van der Waals surface area contributed by atoms with Crippen LogP contribution >= 0.6 is 72.3 Å². The fraction of sp³-hybridized carbons (Fsp3) is 1.00. The zero-order valence-electron chi connectivity index (χ0n) is 19.0. The van der Waals surface area contributed by atoms with Gasteiger partial charge in [-0.15, -0.1) is 0 Å². The molecule has 0 bridgehead atoms. The molecule has 0 heterocycles. The van der Waals surface area contributed by atoms with Crippen LogP contribution in [0.25, 0.3) is 0 Å². The van der Waals surface area contributed by atoms with Crippen molar-refractivity contribution in [2.45, 2.75) is 19.3 Å². The van der Waals surface area contributed by atoms with Gasteiger partial charge in [-0.3, -0.25) is 0 Å². The van der Waals surface area contributed by atoms with E-state index in [1.807, 2.05) is 47.0 Å². The van der Waals surface area contributed by atoms with Gasteiger partial charge in [-0.25, -0.2) is 0 Å². The fourth-order valence-corrected chi connectivity index (χ4v) is 6.20. The third-order valence-electron chi connectivity index (χ3n) is 3.70. The van der Waals surface area contributed by atoms with Crippen LogP contribution in [0, 0.1) is 0 Å². The van der Waals surface area contributed by atoms with Crippen LogP contribution in [0.4, 0.5) is 0 Å². The van der Waals surface area contributed by atoms with Gasteiger partial charge in [0.2, 0.25) is 0 Å². The third-order valence-corrected chi connectivity index (χ3v) is 8.47. The molecular weight excluding hydrogens is 509 g/mol. The Morgan fingerprint density at radius 2 is 0.645 bits per heavy atom. The summed E-state index contributed by atoms with van der Waals surface area (Å²) in [5.41, 5.74) is 0. The summed E-state index contributed by atoms with van der Waals surface area (Å²) in [5.74, 6) is 11.0. The molecule has 0 saturated carbocycles. The van der Waals surface area contributed by atoms with Gasteiger partial charge in [0, 0.05) is 23.0 Å². The molecule has 0 rings (SSSR count). The van der Waals surface area contributed by atoms with Gasteiger partial charge < -0.3 is 18.9 Å². The summed E-state index contributed by atoms with van der Waals surface area (Å²) in [7, 11) is 0. The summed E-state index contributed by atoms with van der Waals surface area (Å²) in [6.45, 7) is 6.11. The minimum absolute atomic E-state index is 0.706.